The van der Waals surface area contributed by atoms with E-state index in [1.165, 1.54) is 0 Å². The van der Waals surface area contributed by atoms with Crippen LogP contribution in [-0.4, -0.2) is 29.6 Å². The number of rotatable bonds is 3. The van der Waals surface area contributed by atoms with Gasteiger partial charge in [-0.2, -0.15) is 0 Å². The van der Waals surface area contributed by atoms with Crippen molar-refractivity contribution in [2.45, 2.75) is 0 Å². The highest BCUT2D eigenvalue weighted by atomic mass is 16.1. The van der Waals surface area contributed by atoms with E-state index in [9.17, 15) is 9.59 Å². The first-order chi connectivity index (χ1) is 8.47. The van der Waals surface area contributed by atoms with Crippen molar-refractivity contribution in [1.29, 1.82) is 0 Å². The lowest BCUT2D eigenvalue weighted by atomic mass is 10.2. The molecule has 0 spiro atoms. The Bertz CT molecular complexity index is 667. The van der Waals surface area contributed by atoms with E-state index >= 15 is 0 Å². The molecule has 0 aliphatic rings. The molecule has 0 saturated carbocycles. The predicted octanol–water partition coefficient (Wildman–Crippen LogP) is 0.511. The van der Waals surface area contributed by atoms with Crippen LogP contribution in [0.1, 0.15) is 0 Å². The van der Waals surface area contributed by atoms with Crippen molar-refractivity contribution in [3.8, 4) is 0 Å². The minimum absolute atomic E-state index is 0.0852. The van der Waals surface area contributed by atoms with Gasteiger partial charge in [0, 0.05) is 28.2 Å². The molecule has 96 valence electrons. The first kappa shape index (κ1) is 12.2. The van der Waals surface area contributed by atoms with Crippen LogP contribution in [0.4, 0.5) is 11.4 Å². The third-order valence-electron chi connectivity index (χ3n) is 3.09. The van der Waals surface area contributed by atoms with Gasteiger partial charge in [-0.1, -0.05) is 0 Å². The molecule has 1 aromatic heterocycles. The molecule has 2 aromatic rings. The minimum atomic E-state index is -0.0852. The maximum absolute atomic E-state index is 11.9. The van der Waals surface area contributed by atoms with Gasteiger partial charge in [0.15, 0.2) is 0 Å². The zero-order chi connectivity index (χ0) is 13.4. The first-order valence-electron chi connectivity index (χ1n) is 5.54. The lowest BCUT2D eigenvalue weighted by molar-refractivity contribution is -0.105. The molecule has 1 heterocycles. The van der Waals surface area contributed by atoms with E-state index in [0.29, 0.717) is 12.1 Å². The van der Waals surface area contributed by atoms with E-state index in [1.807, 2.05) is 25.1 Å². The Hall–Kier alpha value is -2.24. The Kier molecular flexibility index (Phi) is 2.86. The molecule has 0 unspecified atom stereocenters. The molecule has 0 fully saturated rings. The normalized spacial score (nSPS) is 10.7. The van der Waals surface area contributed by atoms with Crippen molar-refractivity contribution in [2.75, 3.05) is 24.3 Å². The van der Waals surface area contributed by atoms with Crippen LogP contribution in [0.5, 0.6) is 0 Å². The number of imidazole rings is 1. The quantitative estimate of drug-likeness (QED) is 0.805. The average Bonchev–Trinajstić information content (AvgIpc) is 2.54. The number of amides is 1. The fourth-order valence-corrected chi connectivity index (χ4v) is 2.08. The molecule has 0 aliphatic carbocycles. The molecule has 18 heavy (non-hydrogen) atoms. The SMILES string of the molecule is CN(C)c1cc2c(cc1NC=O)n(C)c(=O)n2C. The summed E-state index contributed by atoms with van der Waals surface area (Å²) in [6, 6.07) is 3.70. The van der Waals surface area contributed by atoms with Gasteiger partial charge in [0.1, 0.15) is 0 Å². The minimum Gasteiger partial charge on any atom is -0.376 e. The van der Waals surface area contributed by atoms with Crippen LogP contribution in [0.3, 0.4) is 0 Å². The number of benzene rings is 1. The van der Waals surface area contributed by atoms with Crippen molar-refractivity contribution < 1.29 is 4.79 Å². The second-order valence-electron chi connectivity index (χ2n) is 4.42. The highest BCUT2D eigenvalue weighted by Crippen LogP contribution is 2.29. The lowest BCUT2D eigenvalue weighted by Crippen LogP contribution is -2.19. The molecule has 1 N–H and O–H groups in total. The molecule has 0 bridgehead atoms. The largest absolute Gasteiger partial charge is 0.376 e. The third-order valence-corrected chi connectivity index (χ3v) is 3.09. The number of nitrogens with one attached hydrogen (secondary N) is 1. The van der Waals surface area contributed by atoms with Crippen LogP contribution >= 0.6 is 0 Å². The van der Waals surface area contributed by atoms with Crippen LogP contribution in [0.2, 0.25) is 0 Å². The predicted molar refractivity (Wildman–Crippen MR) is 72.2 cm³/mol. The van der Waals surface area contributed by atoms with Crippen LogP contribution in [0.25, 0.3) is 11.0 Å². The van der Waals surface area contributed by atoms with E-state index in [0.717, 1.165) is 16.7 Å². The Morgan fingerprint density at radius 1 is 1.17 bits per heavy atom. The molecule has 1 aromatic carbocycles. The molecule has 0 atom stereocenters. The van der Waals surface area contributed by atoms with Gasteiger partial charge in [-0.15, -0.1) is 0 Å². The average molecular weight is 248 g/mol. The molecular weight excluding hydrogens is 232 g/mol. The first-order valence-corrected chi connectivity index (χ1v) is 5.54. The molecule has 2 rings (SSSR count). The Labute approximate surface area is 104 Å². The zero-order valence-electron chi connectivity index (χ0n) is 10.9. The fraction of sp³-hybridized carbons (Fsp3) is 0.333. The number of hydrogen-bond acceptors (Lipinski definition) is 3. The number of carbonyl (C=O) groups is 1. The zero-order valence-corrected chi connectivity index (χ0v) is 10.9. The van der Waals surface area contributed by atoms with Gasteiger partial charge in [0.05, 0.1) is 22.4 Å². The number of aryl methyl sites for hydroxylation is 2. The topological polar surface area (TPSA) is 59.3 Å². The van der Waals surface area contributed by atoms with Gasteiger partial charge in [-0.3, -0.25) is 13.9 Å². The number of hydrogen-bond donors (Lipinski definition) is 1. The molecule has 6 nitrogen and oxygen atoms in total. The summed E-state index contributed by atoms with van der Waals surface area (Å²) in [7, 11) is 7.22. The second kappa shape index (κ2) is 4.21. The number of carbonyl (C=O) groups excluding carboxylic acids is 1. The Morgan fingerprint density at radius 3 is 2.22 bits per heavy atom. The molecule has 6 heteroatoms. The van der Waals surface area contributed by atoms with Gasteiger partial charge in [-0.25, -0.2) is 4.79 Å². The molecule has 0 radical (unpaired) electrons. The van der Waals surface area contributed by atoms with Gasteiger partial charge in [0.2, 0.25) is 6.41 Å². The van der Waals surface area contributed by atoms with Crippen LogP contribution < -0.4 is 15.9 Å². The van der Waals surface area contributed by atoms with Crippen molar-refractivity contribution in [3.05, 3.63) is 22.6 Å². The van der Waals surface area contributed by atoms with Crippen LogP contribution in [-0.2, 0) is 18.9 Å². The number of anilines is 2. The summed E-state index contributed by atoms with van der Waals surface area (Å²) in [6.45, 7) is 0. The summed E-state index contributed by atoms with van der Waals surface area (Å²) in [6.07, 6.45) is 0.634. The second-order valence-corrected chi connectivity index (χ2v) is 4.42. The maximum atomic E-state index is 11.9. The van der Waals surface area contributed by atoms with Crippen molar-refractivity contribution in [2.24, 2.45) is 14.1 Å². The van der Waals surface area contributed by atoms with Crippen molar-refractivity contribution in [3.63, 3.8) is 0 Å². The monoisotopic (exact) mass is 248 g/mol. The number of fused-ring (bicyclic) bond motifs is 1. The van der Waals surface area contributed by atoms with Gasteiger partial charge >= 0.3 is 5.69 Å². The van der Waals surface area contributed by atoms with Crippen LogP contribution in [0, 0.1) is 0 Å². The number of aromatic nitrogens is 2. The Balaban J connectivity index is 2.84. The van der Waals surface area contributed by atoms with E-state index in [4.69, 9.17) is 0 Å². The smallest absolute Gasteiger partial charge is 0.328 e. The van der Waals surface area contributed by atoms with Gasteiger partial charge in [0.25, 0.3) is 0 Å². The van der Waals surface area contributed by atoms with E-state index < -0.39 is 0 Å². The standard InChI is InChI=1S/C12H16N4O2/c1-14(2)9-6-11-10(5-8(9)13-7-17)15(3)12(18)16(11)4/h5-7H,1-4H3,(H,13,17). The van der Waals surface area contributed by atoms with Gasteiger partial charge in [-0.05, 0) is 12.1 Å². The summed E-state index contributed by atoms with van der Waals surface area (Å²) in [5.74, 6) is 0. The summed E-state index contributed by atoms with van der Waals surface area (Å²) in [4.78, 5) is 24.4. The summed E-state index contributed by atoms with van der Waals surface area (Å²) >= 11 is 0. The Morgan fingerprint density at radius 2 is 1.72 bits per heavy atom. The van der Waals surface area contributed by atoms with Crippen molar-refractivity contribution >= 4 is 28.8 Å². The highest BCUT2D eigenvalue weighted by Gasteiger charge is 2.13. The molecule has 0 saturated heterocycles. The van der Waals surface area contributed by atoms with Crippen molar-refractivity contribution in [1.82, 2.24) is 9.13 Å². The van der Waals surface area contributed by atoms with Crippen LogP contribution in [0.15, 0.2) is 16.9 Å². The molecule has 0 aliphatic heterocycles. The number of nitrogens with zero attached hydrogens (tertiary/aromatic N) is 3. The summed E-state index contributed by atoms with van der Waals surface area (Å²) < 4.78 is 3.15. The third kappa shape index (κ3) is 1.66. The van der Waals surface area contributed by atoms with E-state index in [2.05, 4.69) is 5.32 Å². The fourth-order valence-electron chi connectivity index (χ4n) is 2.08. The van der Waals surface area contributed by atoms with E-state index in [1.54, 1.807) is 29.3 Å². The summed E-state index contributed by atoms with van der Waals surface area (Å²) in [5, 5.41) is 2.66. The lowest BCUT2D eigenvalue weighted by Gasteiger charge is -2.17. The highest BCUT2D eigenvalue weighted by molar-refractivity contribution is 5.92. The summed E-state index contributed by atoms with van der Waals surface area (Å²) in [5.41, 5.74) is 3.08. The van der Waals surface area contributed by atoms with E-state index in [-0.39, 0.29) is 5.69 Å². The van der Waals surface area contributed by atoms with Gasteiger partial charge < -0.3 is 10.2 Å². The maximum Gasteiger partial charge on any atom is 0.328 e. The molecule has 1 amide bonds. The molecular formula is C12H16N4O2.